The fourth-order valence-electron chi connectivity index (χ4n) is 1.55. The molecular formula is C12H7ClF2N2O3. The highest BCUT2D eigenvalue weighted by atomic mass is 35.5. The van der Waals surface area contributed by atoms with E-state index in [4.69, 9.17) is 11.6 Å². The number of H-pyrrole nitrogens is 1. The van der Waals surface area contributed by atoms with Crippen LogP contribution in [0.4, 0.5) is 8.78 Å². The normalized spacial score (nSPS) is 10.6. The van der Waals surface area contributed by atoms with Gasteiger partial charge in [0.2, 0.25) is 0 Å². The summed E-state index contributed by atoms with van der Waals surface area (Å²) in [4.78, 5) is 36.2. The Hall–Kier alpha value is -2.28. The molecule has 20 heavy (non-hydrogen) atoms. The van der Waals surface area contributed by atoms with E-state index in [-0.39, 0.29) is 5.02 Å². The molecule has 0 radical (unpaired) electrons. The molecule has 0 aliphatic carbocycles. The smallest absolute Gasteiger partial charge is 0.292 e. The number of ketones is 1. The molecule has 0 spiro atoms. The van der Waals surface area contributed by atoms with Gasteiger partial charge in [-0.1, -0.05) is 11.6 Å². The quantitative estimate of drug-likeness (QED) is 0.870. The highest BCUT2D eigenvalue weighted by Crippen LogP contribution is 2.11. The van der Waals surface area contributed by atoms with Crippen LogP contribution in [0.1, 0.15) is 10.4 Å². The summed E-state index contributed by atoms with van der Waals surface area (Å²) in [6, 6.07) is 2.41. The van der Waals surface area contributed by atoms with Crippen molar-refractivity contribution >= 4 is 17.4 Å². The maximum atomic E-state index is 13.4. The predicted molar refractivity (Wildman–Crippen MR) is 67.0 cm³/mol. The molecule has 0 aliphatic heterocycles. The van der Waals surface area contributed by atoms with Crippen molar-refractivity contribution in [2.24, 2.45) is 0 Å². The van der Waals surface area contributed by atoms with Crippen LogP contribution in [0.5, 0.6) is 0 Å². The van der Waals surface area contributed by atoms with E-state index < -0.39 is 40.8 Å². The van der Waals surface area contributed by atoms with E-state index in [1.54, 1.807) is 0 Å². The second-order valence-corrected chi connectivity index (χ2v) is 4.32. The van der Waals surface area contributed by atoms with Gasteiger partial charge in [0.1, 0.15) is 16.7 Å². The highest BCUT2D eigenvalue weighted by Gasteiger charge is 2.14. The molecule has 8 heteroatoms. The molecule has 0 amide bonds. The summed E-state index contributed by atoms with van der Waals surface area (Å²) in [6.45, 7) is -0.574. The lowest BCUT2D eigenvalue weighted by Gasteiger charge is -2.06. The Kier molecular flexibility index (Phi) is 3.80. The van der Waals surface area contributed by atoms with Crippen molar-refractivity contribution in [1.29, 1.82) is 0 Å². The summed E-state index contributed by atoms with van der Waals surface area (Å²) >= 11 is 5.52. The van der Waals surface area contributed by atoms with E-state index in [1.807, 2.05) is 4.98 Å². The lowest BCUT2D eigenvalue weighted by atomic mass is 10.1. The zero-order valence-corrected chi connectivity index (χ0v) is 10.6. The molecule has 1 N–H and O–H groups in total. The zero-order valence-electron chi connectivity index (χ0n) is 9.82. The molecular weight excluding hydrogens is 294 g/mol. The molecule has 1 aromatic carbocycles. The van der Waals surface area contributed by atoms with E-state index in [1.165, 1.54) is 0 Å². The van der Waals surface area contributed by atoms with Gasteiger partial charge in [-0.05, 0) is 18.2 Å². The number of carbonyl (C=O) groups excluding carboxylic acids is 1. The largest absolute Gasteiger partial charge is 0.328 e. The second-order valence-electron chi connectivity index (χ2n) is 3.91. The summed E-state index contributed by atoms with van der Waals surface area (Å²) in [7, 11) is 0. The van der Waals surface area contributed by atoms with E-state index in [2.05, 4.69) is 0 Å². The van der Waals surface area contributed by atoms with Gasteiger partial charge in [-0.15, -0.1) is 0 Å². The average molecular weight is 301 g/mol. The van der Waals surface area contributed by atoms with Crippen molar-refractivity contribution in [1.82, 2.24) is 9.55 Å². The highest BCUT2D eigenvalue weighted by molar-refractivity contribution is 6.30. The lowest BCUT2D eigenvalue weighted by Crippen LogP contribution is -2.32. The second kappa shape index (κ2) is 5.38. The molecule has 0 fully saturated rings. The first-order chi connectivity index (χ1) is 9.38. The van der Waals surface area contributed by atoms with Crippen molar-refractivity contribution in [3.63, 3.8) is 0 Å². The van der Waals surface area contributed by atoms with Gasteiger partial charge in [0.05, 0.1) is 12.1 Å². The van der Waals surface area contributed by atoms with Crippen LogP contribution in [-0.2, 0) is 6.54 Å². The number of nitrogens with zero attached hydrogens (tertiary/aromatic N) is 1. The van der Waals surface area contributed by atoms with Crippen LogP contribution >= 0.6 is 11.6 Å². The minimum atomic E-state index is -0.903. The summed E-state index contributed by atoms with van der Waals surface area (Å²) in [5, 5.41) is -0.294. The monoisotopic (exact) mass is 300 g/mol. The van der Waals surface area contributed by atoms with E-state index in [9.17, 15) is 23.2 Å². The Morgan fingerprint density at radius 2 is 2.00 bits per heavy atom. The first-order valence-electron chi connectivity index (χ1n) is 5.36. The maximum Gasteiger partial charge on any atom is 0.328 e. The van der Waals surface area contributed by atoms with Crippen LogP contribution in [0.3, 0.4) is 0 Å². The first kappa shape index (κ1) is 14.1. The van der Waals surface area contributed by atoms with Gasteiger partial charge in [0.25, 0.3) is 5.56 Å². The number of halogens is 3. The van der Waals surface area contributed by atoms with E-state index in [0.29, 0.717) is 0 Å². The molecule has 0 bridgehead atoms. The fraction of sp³-hybridized carbons (Fsp3) is 0.0833. The van der Waals surface area contributed by atoms with Crippen molar-refractivity contribution in [3.8, 4) is 0 Å². The minimum Gasteiger partial charge on any atom is -0.292 e. The van der Waals surface area contributed by atoms with Crippen LogP contribution < -0.4 is 11.2 Å². The Balaban J connectivity index is 2.37. The number of benzene rings is 1. The number of hydrogen-bond donors (Lipinski definition) is 1. The van der Waals surface area contributed by atoms with Crippen LogP contribution in [0, 0.1) is 11.6 Å². The number of carbonyl (C=O) groups is 1. The van der Waals surface area contributed by atoms with Crippen molar-refractivity contribution < 1.29 is 13.6 Å². The van der Waals surface area contributed by atoms with E-state index >= 15 is 0 Å². The van der Waals surface area contributed by atoms with Crippen LogP contribution in [0.2, 0.25) is 5.02 Å². The van der Waals surface area contributed by atoms with Gasteiger partial charge in [0.15, 0.2) is 5.78 Å². The van der Waals surface area contributed by atoms with Gasteiger partial charge in [-0.3, -0.25) is 19.1 Å². The van der Waals surface area contributed by atoms with Gasteiger partial charge in [-0.25, -0.2) is 13.6 Å². The third-order valence-corrected chi connectivity index (χ3v) is 2.78. The topological polar surface area (TPSA) is 71.9 Å². The van der Waals surface area contributed by atoms with Crippen molar-refractivity contribution in [3.05, 3.63) is 67.5 Å². The number of nitrogens with one attached hydrogen (secondary N) is 1. The zero-order chi connectivity index (χ0) is 14.9. The number of rotatable bonds is 3. The van der Waals surface area contributed by atoms with E-state index in [0.717, 1.165) is 29.0 Å². The summed E-state index contributed by atoms with van der Waals surface area (Å²) in [6.07, 6.45) is 0.956. The fourth-order valence-corrected chi connectivity index (χ4v) is 1.72. The molecule has 0 saturated carbocycles. The SMILES string of the molecule is O=C(Cn1cc(Cl)c(=O)[nH]c1=O)c1cc(F)ccc1F. The third-order valence-electron chi connectivity index (χ3n) is 2.51. The molecule has 2 rings (SSSR count). The van der Waals surface area contributed by atoms with Gasteiger partial charge in [0, 0.05) is 6.20 Å². The van der Waals surface area contributed by atoms with Crippen LogP contribution in [0.15, 0.2) is 34.0 Å². The number of aromatic amines is 1. The number of hydrogen-bond acceptors (Lipinski definition) is 3. The predicted octanol–water partition coefficient (Wildman–Crippen LogP) is 1.35. The number of Topliss-reactive ketones (excluding diaryl/α,β-unsaturated/α-hetero) is 1. The van der Waals surface area contributed by atoms with Crippen LogP contribution in [-0.4, -0.2) is 15.3 Å². The molecule has 1 aromatic heterocycles. The summed E-state index contributed by atoms with van der Waals surface area (Å²) in [5.74, 6) is -2.51. The molecule has 0 aliphatic rings. The van der Waals surface area contributed by atoms with Crippen LogP contribution in [0.25, 0.3) is 0 Å². The Bertz CT molecular complexity index is 798. The van der Waals surface area contributed by atoms with Crippen molar-refractivity contribution in [2.45, 2.75) is 6.54 Å². The first-order valence-corrected chi connectivity index (χ1v) is 5.74. The molecule has 2 aromatic rings. The Morgan fingerprint density at radius 3 is 2.70 bits per heavy atom. The molecule has 0 unspecified atom stereocenters. The molecule has 1 heterocycles. The minimum absolute atomic E-state index is 0.294. The Morgan fingerprint density at radius 1 is 1.30 bits per heavy atom. The lowest BCUT2D eigenvalue weighted by molar-refractivity contribution is 0.0966. The number of aromatic nitrogens is 2. The Labute approximate surface area is 115 Å². The van der Waals surface area contributed by atoms with Gasteiger partial charge >= 0.3 is 5.69 Å². The third kappa shape index (κ3) is 2.83. The molecule has 0 atom stereocenters. The van der Waals surface area contributed by atoms with Crippen molar-refractivity contribution in [2.75, 3.05) is 0 Å². The molecule has 104 valence electrons. The standard InChI is InChI=1S/C12H7ClF2N2O3/c13-8-4-17(12(20)16-11(8)19)5-10(18)7-3-6(14)1-2-9(7)15/h1-4H,5H2,(H,16,19,20). The average Bonchev–Trinajstić information content (AvgIpc) is 2.38. The molecule has 5 nitrogen and oxygen atoms in total. The summed E-state index contributed by atoms with van der Waals surface area (Å²) in [5.41, 5.74) is -2.15. The molecule has 0 saturated heterocycles. The maximum absolute atomic E-state index is 13.4. The van der Waals surface area contributed by atoms with Gasteiger partial charge in [-0.2, -0.15) is 0 Å². The summed E-state index contributed by atoms with van der Waals surface area (Å²) < 4.78 is 27.2. The van der Waals surface area contributed by atoms with Gasteiger partial charge < -0.3 is 0 Å².